The highest BCUT2D eigenvalue weighted by Gasteiger charge is 2.42. The fraction of sp³-hybridized carbons (Fsp3) is 0.200. The summed E-state index contributed by atoms with van der Waals surface area (Å²) >= 11 is 1.65. The van der Waals surface area contributed by atoms with Crippen molar-refractivity contribution in [1.82, 2.24) is 9.62 Å². The number of hydrogen-bond acceptors (Lipinski definition) is 5. The van der Waals surface area contributed by atoms with Crippen LogP contribution in [0.15, 0.2) is 71.6 Å². The summed E-state index contributed by atoms with van der Waals surface area (Å²) in [6, 6.07) is 17.7. The van der Waals surface area contributed by atoms with Crippen LogP contribution in [0.5, 0.6) is 0 Å². The molecule has 0 aliphatic carbocycles. The number of sulfonamides is 1. The molecule has 0 saturated heterocycles. The zero-order valence-electron chi connectivity index (χ0n) is 18.4. The van der Waals surface area contributed by atoms with Crippen LogP contribution in [0.3, 0.4) is 0 Å². The van der Waals surface area contributed by atoms with Gasteiger partial charge in [-0.25, -0.2) is 12.7 Å². The van der Waals surface area contributed by atoms with Crippen molar-refractivity contribution < 1.29 is 18.0 Å². The molecule has 33 heavy (non-hydrogen) atoms. The Balaban J connectivity index is 1.44. The molecule has 4 rings (SSSR count). The van der Waals surface area contributed by atoms with Gasteiger partial charge >= 0.3 is 0 Å². The van der Waals surface area contributed by atoms with Gasteiger partial charge in [0.25, 0.3) is 21.8 Å². The summed E-state index contributed by atoms with van der Waals surface area (Å²) in [6.45, 7) is 3.90. The summed E-state index contributed by atoms with van der Waals surface area (Å²) in [5.74, 6) is -0.719. The fourth-order valence-electron chi connectivity index (χ4n) is 3.71. The minimum Gasteiger partial charge on any atom is -0.352 e. The molecule has 2 heterocycles. The predicted molar refractivity (Wildman–Crippen MR) is 130 cm³/mol. The summed E-state index contributed by atoms with van der Waals surface area (Å²) in [4.78, 5) is 26.4. The molecule has 0 saturated carbocycles. The van der Waals surface area contributed by atoms with Gasteiger partial charge in [-0.3, -0.25) is 9.59 Å². The van der Waals surface area contributed by atoms with Crippen LogP contribution in [-0.4, -0.2) is 31.1 Å². The quantitative estimate of drug-likeness (QED) is 0.551. The second-order valence-corrected chi connectivity index (χ2v) is 10.8. The minimum absolute atomic E-state index is 0.0502. The Morgan fingerprint density at radius 2 is 1.70 bits per heavy atom. The van der Waals surface area contributed by atoms with Crippen molar-refractivity contribution in [3.63, 3.8) is 0 Å². The summed E-state index contributed by atoms with van der Waals surface area (Å²) in [6.07, 6.45) is 0.770. The van der Waals surface area contributed by atoms with E-state index in [-0.39, 0.29) is 22.9 Å². The van der Waals surface area contributed by atoms with Crippen molar-refractivity contribution >= 4 is 38.1 Å². The molecule has 1 aliphatic heterocycles. The lowest BCUT2D eigenvalue weighted by Crippen LogP contribution is -2.31. The Bertz CT molecular complexity index is 1310. The third-order valence-electron chi connectivity index (χ3n) is 5.53. The topological polar surface area (TPSA) is 83.6 Å². The van der Waals surface area contributed by atoms with Gasteiger partial charge in [-0.2, -0.15) is 0 Å². The number of nitrogens with zero attached hydrogens (tertiary/aromatic N) is 1. The van der Waals surface area contributed by atoms with E-state index in [0.29, 0.717) is 23.2 Å². The van der Waals surface area contributed by atoms with Crippen LogP contribution in [0.1, 0.15) is 38.8 Å². The maximum Gasteiger partial charge on any atom is 0.268 e. The molecule has 170 valence electrons. The normalized spacial score (nSPS) is 15.2. The van der Waals surface area contributed by atoms with Gasteiger partial charge in [0.2, 0.25) is 0 Å². The Hall–Kier alpha value is -3.23. The van der Waals surface area contributed by atoms with Crippen molar-refractivity contribution in [3.8, 4) is 0 Å². The minimum atomic E-state index is -3.97. The summed E-state index contributed by atoms with van der Waals surface area (Å²) < 4.78 is 27.3. The molecule has 1 aromatic heterocycles. The molecule has 2 amide bonds. The first-order valence-corrected chi connectivity index (χ1v) is 12.8. The molecule has 3 aromatic rings. The molecule has 2 aromatic carbocycles. The van der Waals surface area contributed by atoms with Crippen LogP contribution in [0, 0.1) is 6.92 Å². The van der Waals surface area contributed by atoms with Crippen molar-refractivity contribution in [1.29, 1.82) is 0 Å². The monoisotopic (exact) mass is 480 g/mol. The van der Waals surface area contributed by atoms with E-state index in [9.17, 15) is 18.0 Å². The van der Waals surface area contributed by atoms with E-state index in [1.165, 1.54) is 4.88 Å². The molecule has 0 atom stereocenters. The maximum absolute atomic E-state index is 13.2. The van der Waals surface area contributed by atoms with E-state index in [1.54, 1.807) is 54.7 Å². The van der Waals surface area contributed by atoms with E-state index >= 15 is 0 Å². The zero-order chi connectivity index (χ0) is 23.6. The molecule has 1 aliphatic rings. The number of hydrogen-bond donors (Lipinski definition) is 1. The lowest BCUT2D eigenvalue weighted by molar-refractivity contribution is -0.122. The Kier molecular flexibility index (Phi) is 6.49. The van der Waals surface area contributed by atoms with Crippen LogP contribution < -0.4 is 5.32 Å². The molecule has 1 N–H and O–H groups in total. The highest BCUT2D eigenvalue weighted by Crippen LogP contribution is 2.36. The zero-order valence-corrected chi connectivity index (χ0v) is 20.0. The van der Waals surface area contributed by atoms with Crippen molar-refractivity contribution in [2.45, 2.75) is 26.8 Å². The van der Waals surface area contributed by atoms with Gasteiger partial charge in [-0.15, -0.1) is 11.3 Å². The van der Waals surface area contributed by atoms with Gasteiger partial charge in [0.1, 0.15) is 4.91 Å². The van der Waals surface area contributed by atoms with Gasteiger partial charge in [0, 0.05) is 22.6 Å². The fourth-order valence-corrected chi connectivity index (χ4v) is 6.22. The van der Waals surface area contributed by atoms with Crippen molar-refractivity contribution in [2.24, 2.45) is 0 Å². The number of aryl methyl sites for hydroxylation is 1. The summed E-state index contributed by atoms with van der Waals surface area (Å²) in [5, 5.41) is 4.89. The van der Waals surface area contributed by atoms with E-state index in [1.807, 2.05) is 36.6 Å². The summed E-state index contributed by atoms with van der Waals surface area (Å²) in [7, 11) is -3.97. The number of carbonyl (C=O) groups excluding carboxylic acids is 2. The van der Waals surface area contributed by atoms with Gasteiger partial charge in [-0.05, 0) is 55.0 Å². The average Bonchev–Trinajstić information content (AvgIpc) is 3.37. The Morgan fingerprint density at radius 1 is 1.00 bits per heavy atom. The number of nitrogens with one attached hydrogen (secondary N) is 1. The number of amides is 2. The predicted octanol–water partition coefficient (Wildman–Crippen LogP) is 4.13. The highest BCUT2D eigenvalue weighted by atomic mass is 32.2. The largest absolute Gasteiger partial charge is 0.352 e. The Morgan fingerprint density at radius 3 is 2.33 bits per heavy atom. The lowest BCUT2D eigenvalue weighted by atomic mass is 10.1. The van der Waals surface area contributed by atoms with Gasteiger partial charge < -0.3 is 5.32 Å². The molecular weight excluding hydrogens is 456 g/mol. The third kappa shape index (κ3) is 4.77. The van der Waals surface area contributed by atoms with E-state index in [2.05, 4.69) is 5.32 Å². The SMILES string of the molecule is CC1=C(c2ccc(C)cc2)S(=O)(=O)N(Cc2ccc(C(=O)NCCc3cccs3)cc2)C1=O. The van der Waals surface area contributed by atoms with Gasteiger partial charge in [-0.1, -0.05) is 48.0 Å². The first-order valence-electron chi connectivity index (χ1n) is 10.5. The maximum atomic E-state index is 13.2. The third-order valence-corrected chi connectivity index (χ3v) is 8.40. The molecule has 0 unspecified atom stereocenters. The van der Waals surface area contributed by atoms with Crippen LogP contribution in [0.2, 0.25) is 0 Å². The van der Waals surface area contributed by atoms with Crippen LogP contribution >= 0.6 is 11.3 Å². The number of benzene rings is 2. The first kappa shape index (κ1) is 22.9. The van der Waals surface area contributed by atoms with E-state index in [0.717, 1.165) is 16.3 Å². The highest BCUT2D eigenvalue weighted by molar-refractivity contribution is 7.99. The second-order valence-electron chi connectivity index (χ2n) is 7.92. The molecule has 0 radical (unpaired) electrons. The van der Waals surface area contributed by atoms with Gasteiger partial charge in [0.15, 0.2) is 0 Å². The second kappa shape index (κ2) is 9.33. The number of rotatable bonds is 7. The number of thiophene rings is 1. The first-order chi connectivity index (χ1) is 15.8. The average molecular weight is 481 g/mol. The van der Waals surface area contributed by atoms with Gasteiger partial charge in [0.05, 0.1) is 6.54 Å². The molecule has 0 bridgehead atoms. The molecule has 6 nitrogen and oxygen atoms in total. The van der Waals surface area contributed by atoms with Crippen molar-refractivity contribution in [2.75, 3.05) is 6.54 Å². The molecule has 0 spiro atoms. The molecule has 0 fully saturated rings. The van der Waals surface area contributed by atoms with Crippen LogP contribution in [0.25, 0.3) is 4.91 Å². The van der Waals surface area contributed by atoms with Crippen molar-refractivity contribution in [3.05, 3.63) is 98.7 Å². The smallest absolute Gasteiger partial charge is 0.268 e. The standard InChI is InChI=1S/C25H24N2O4S2/c1-17-5-9-20(10-6-17)23-18(2)25(29)27(33(23,30)31)16-19-7-11-21(12-8-19)24(28)26-14-13-22-4-3-15-32-22/h3-12,15H,13-14,16H2,1-2H3,(H,26,28). The number of carbonyl (C=O) groups is 2. The lowest BCUT2D eigenvalue weighted by Gasteiger charge is -2.17. The molecular formula is C25H24N2O4S2. The molecule has 8 heteroatoms. The summed E-state index contributed by atoms with van der Waals surface area (Å²) in [5.41, 5.74) is 2.82. The van der Waals surface area contributed by atoms with Crippen LogP contribution in [0.4, 0.5) is 0 Å². The van der Waals surface area contributed by atoms with E-state index < -0.39 is 15.9 Å². The van der Waals surface area contributed by atoms with Crippen LogP contribution in [-0.2, 0) is 27.8 Å². The Labute approximate surface area is 197 Å². The van der Waals surface area contributed by atoms with E-state index in [4.69, 9.17) is 0 Å².